The number of rotatable bonds is 4. The molecule has 0 N–H and O–H groups in total. The molecule has 0 aromatic heterocycles. The zero-order valence-electron chi connectivity index (χ0n) is 17.7. The number of carbonyl (C=O) groups is 4. The summed E-state index contributed by atoms with van der Waals surface area (Å²) in [5.74, 6) is -1.99. The number of epoxide rings is 1. The lowest BCUT2D eigenvalue weighted by Crippen LogP contribution is -2.71. The van der Waals surface area contributed by atoms with Crippen molar-refractivity contribution < 1.29 is 42.9 Å². The summed E-state index contributed by atoms with van der Waals surface area (Å²) in [6, 6.07) is 0. The molecule has 9 heteroatoms. The molecule has 3 fully saturated rings. The van der Waals surface area contributed by atoms with Crippen molar-refractivity contribution >= 4 is 23.7 Å². The number of Topliss-reactive ketones (excluding diaryl/α,β-unsaturated/α-hetero) is 1. The molecule has 4 aliphatic rings. The highest BCUT2D eigenvalue weighted by Crippen LogP contribution is 2.71. The smallest absolute Gasteiger partial charge is 0.303 e. The Hall–Kier alpha value is -2.26. The minimum absolute atomic E-state index is 0.207. The molecule has 2 aliphatic heterocycles. The minimum atomic E-state index is -1.23. The monoisotopic (exact) mass is 422 g/mol. The summed E-state index contributed by atoms with van der Waals surface area (Å²) in [4.78, 5) is 48.7. The maximum atomic E-state index is 13.2. The van der Waals surface area contributed by atoms with Crippen LogP contribution in [-0.4, -0.2) is 66.9 Å². The van der Waals surface area contributed by atoms with Gasteiger partial charge < -0.3 is 23.7 Å². The average molecular weight is 422 g/mol. The first-order valence-corrected chi connectivity index (χ1v) is 9.98. The minimum Gasteiger partial charge on any atom is -0.465 e. The van der Waals surface area contributed by atoms with E-state index in [0.717, 1.165) is 0 Å². The Kier molecular flexibility index (Phi) is 4.63. The molecule has 0 radical (unpaired) electrons. The van der Waals surface area contributed by atoms with Crippen molar-refractivity contribution in [2.75, 3.05) is 13.2 Å². The van der Waals surface area contributed by atoms with Crippen LogP contribution >= 0.6 is 0 Å². The molecular formula is C21H26O9. The molecule has 9 nitrogen and oxygen atoms in total. The lowest BCUT2D eigenvalue weighted by atomic mass is 9.50. The van der Waals surface area contributed by atoms with Gasteiger partial charge in [-0.05, 0) is 25.0 Å². The first kappa shape index (κ1) is 21.0. The summed E-state index contributed by atoms with van der Waals surface area (Å²) in [6.07, 6.45) is -1.08. The van der Waals surface area contributed by atoms with Crippen molar-refractivity contribution in [2.45, 2.75) is 71.1 Å². The molecule has 2 aliphatic carbocycles. The third kappa shape index (κ3) is 2.61. The summed E-state index contributed by atoms with van der Waals surface area (Å²) in [5.41, 5.74) is -2.51. The van der Waals surface area contributed by atoms with Gasteiger partial charge in [-0.15, -0.1) is 0 Å². The topological polar surface area (TPSA) is 118 Å². The zero-order valence-corrected chi connectivity index (χ0v) is 17.7. The van der Waals surface area contributed by atoms with E-state index in [9.17, 15) is 19.2 Å². The first-order valence-electron chi connectivity index (χ1n) is 9.98. The number of fused-ring (bicyclic) bond motifs is 2. The fourth-order valence-corrected chi connectivity index (χ4v) is 5.79. The van der Waals surface area contributed by atoms with E-state index >= 15 is 0 Å². The second kappa shape index (κ2) is 6.62. The van der Waals surface area contributed by atoms with Gasteiger partial charge in [-0.25, -0.2) is 0 Å². The number of hydrogen-bond acceptors (Lipinski definition) is 9. The highest BCUT2D eigenvalue weighted by atomic mass is 16.7. The normalized spacial score (nSPS) is 43.5. The van der Waals surface area contributed by atoms with E-state index in [1.165, 1.54) is 20.8 Å². The molecule has 164 valence electrons. The molecule has 30 heavy (non-hydrogen) atoms. The van der Waals surface area contributed by atoms with Gasteiger partial charge in [0, 0.05) is 26.2 Å². The third-order valence-electron chi connectivity index (χ3n) is 7.24. The van der Waals surface area contributed by atoms with E-state index in [1.54, 1.807) is 13.0 Å². The van der Waals surface area contributed by atoms with Crippen LogP contribution in [0, 0.1) is 10.8 Å². The van der Waals surface area contributed by atoms with Gasteiger partial charge in [0.15, 0.2) is 11.9 Å². The Morgan fingerprint density at radius 3 is 2.30 bits per heavy atom. The van der Waals surface area contributed by atoms with Gasteiger partial charge in [0.05, 0.1) is 18.1 Å². The van der Waals surface area contributed by atoms with Crippen molar-refractivity contribution in [1.29, 1.82) is 0 Å². The predicted octanol–water partition coefficient (Wildman–Crippen LogP) is 0.875. The molecule has 2 bridgehead atoms. The van der Waals surface area contributed by atoms with Crippen molar-refractivity contribution in [1.82, 2.24) is 0 Å². The van der Waals surface area contributed by atoms with Gasteiger partial charge in [0.25, 0.3) is 0 Å². The zero-order chi connectivity index (χ0) is 22.1. The Morgan fingerprint density at radius 1 is 1.13 bits per heavy atom. The van der Waals surface area contributed by atoms with Crippen molar-refractivity contribution in [3.05, 3.63) is 11.6 Å². The first-order chi connectivity index (χ1) is 14.0. The van der Waals surface area contributed by atoms with Crippen LogP contribution < -0.4 is 0 Å². The highest BCUT2D eigenvalue weighted by molar-refractivity contribution is 6.01. The van der Waals surface area contributed by atoms with Crippen LogP contribution in [0.25, 0.3) is 0 Å². The fourth-order valence-electron chi connectivity index (χ4n) is 5.79. The number of ketones is 1. The van der Waals surface area contributed by atoms with Crippen LogP contribution in [0.1, 0.15) is 41.0 Å². The predicted molar refractivity (Wildman–Crippen MR) is 99.0 cm³/mol. The van der Waals surface area contributed by atoms with Crippen LogP contribution in [0.4, 0.5) is 0 Å². The molecule has 0 amide bonds. The SMILES string of the molecule is CC(=O)OCC12C(C=C(C)C(=O)C1OC(C)=O)OC1C(OC(C)=O)CC2(C)C12CO2. The highest BCUT2D eigenvalue weighted by Gasteiger charge is 2.84. The van der Waals surface area contributed by atoms with Gasteiger partial charge in [-0.1, -0.05) is 6.92 Å². The van der Waals surface area contributed by atoms with Gasteiger partial charge in [0.2, 0.25) is 0 Å². The largest absolute Gasteiger partial charge is 0.465 e. The fraction of sp³-hybridized carbons (Fsp3) is 0.714. The van der Waals surface area contributed by atoms with E-state index in [1.807, 2.05) is 6.92 Å². The van der Waals surface area contributed by atoms with E-state index in [4.69, 9.17) is 23.7 Å². The van der Waals surface area contributed by atoms with E-state index < -0.39 is 58.8 Å². The maximum absolute atomic E-state index is 13.2. The number of ether oxygens (including phenoxy) is 5. The number of carbonyl (C=O) groups excluding carboxylic acids is 4. The summed E-state index contributed by atoms with van der Waals surface area (Å²) in [7, 11) is 0. The van der Waals surface area contributed by atoms with Crippen LogP contribution in [0.3, 0.4) is 0 Å². The maximum Gasteiger partial charge on any atom is 0.303 e. The number of hydrogen-bond donors (Lipinski definition) is 0. The molecule has 0 aromatic rings. The Morgan fingerprint density at radius 2 is 1.77 bits per heavy atom. The molecule has 4 rings (SSSR count). The summed E-state index contributed by atoms with van der Waals surface area (Å²) in [6.45, 7) is 7.49. The summed E-state index contributed by atoms with van der Waals surface area (Å²) >= 11 is 0. The quantitative estimate of drug-likeness (QED) is 0.369. The molecule has 7 atom stereocenters. The van der Waals surface area contributed by atoms with E-state index in [0.29, 0.717) is 18.6 Å². The second-order valence-corrected chi connectivity index (χ2v) is 8.86. The van der Waals surface area contributed by atoms with Gasteiger partial charge in [0.1, 0.15) is 24.4 Å². The Balaban J connectivity index is 1.90. The van der Waals surface area contributed by atoms with E-state index in [2.05, 4.69) is 0 Å². The van der Waals surface area contributed by atoms with Crippen LogP contribution in [-0.2, 0) is 42.9 Å². The molecule has 2 saturated heterocycles. The van der Waals surface area contributed by atoms with Crippen molar-refractivity contribution in [2.24, 2.45) is 10.8 Å². The molecule has 1 saturated carbocycles. The lowest BCUT2D eigenvalue weighted by Gasteiger charge is -2.58. The van der Waals surface area contributed by atoms with E-state index in [-0.39, 0.29) is 12.4 Å². The second-order valence-electron chi connectivity index (χ2n) is 8.86. The number of esters is 3. The van der Waals surface area contributed by atoms with Gasteiger partial charge in [-0.3, -0.25) is 19.2 Å². The standard InChI is InChI=1S/C21H26O9/c1-10-6-15-20(8-26-11(2)22,18(16(10)25)29-13(4)24)19(5)7-14(28-12(3)23)17(30-15)21(19)9-27-21/h6,14-15,17-18H,7-9H2,1-5H3. The molecule has 2 heterocycles. The molecule has 7 unspecified atom stereocenters. The van der Waals surface area contributed by atoms with Gasteiger partial charge >= 0.3 is 17.9 Å². The molecule has 1 spiro atoms. The molecule has 0 aromatic carbocycles. The van der Waals surface area contributed by atoms with Crippen LogP contribution in [0.5, 0.6) is 0 Å². The lowest BCUT2D eigenvalue weighted by molar-refractivity contribution is -0.252. The third-order valence-corrected chi connectivity index (χ3v) is 7.24. The summed E-state index contributed by atoms with van der Waals surface area (Å²) < 4.78 is 28.8. The van der Waals surface area contributed by atoms with Crippen molar-refractivity contribution in [3.8, 4) is 0 Å². The molecular weight excluding hydrogens is 396 g/mol. The van der Waals surface area contributed by atoms with Gasteiger partial charge in [-0.2, -0.15) is 0 Å². The average Bonchev–Trinajstić information content (AvgIpc) is 3.40. The van der Waals surface area contributed by atoms with Crippen LogP contribution in [0.15, 0.2) is 11.6 Å². The van der Waals surface area contributed by atoms with Crippen LogP contribution in [0.2, 0.25) is 0 Å². The van der Waals surface area contributed by atoms with Crippen molar-refractivity contribution in [3.63, 3.8) is 0 Å². The summed E-state index contributed by atoms with van der Waals surface area (Å²) in [5, 5.41) is 0. The Labute approximate surface area is 174 Å². The Bertz CT molecular complexity index is 857.